The highest BCUT2D eigenvalue weighted by atomic mass is 32.2. The number of benzene rings is 1. The Hall–Kier alpha value is -1.40. The first kappa shape index (κ1) is 13.6. The molecule has 3 rings (SSSR count). The number of hydrogen-bond acceptors (Lipinski definition) is 4. The van der Waals surface area contributed by atoms with E-state index < -0.39 is 9.84 Å². The topological polar surface area (TPSA) is 72.1 Å². The number of aromatic nitrogens is 2. The van der Waals surface area contributed by atoms with Crippen molar-refractivity contribution in [3.63, 3.8) is 0 Å². The highest BCUT2D eigenvalue weighted by Crippen LogP contribution is 2.20. The number of nitrogens with zero attached hydrogens (tertiary/aromatic N) is 1. The molecule has 2 heterocycles. The van der Waals surface area contributed by atoms with Gasteiger partial charge in [-0.3, -0.25) is 0 Å². The van der Waals surface area contributed by atoms with Gasteiger partial charge >= 0.3 is 0 Å². The van der Waals surface area contributed by atoms with Crippen LogP contribution in [0.1, 0.15) is 25.1 Å². The third-order valence-electron chi connectivity index (χ3n) is 3.63. The average molecular weight is 294 g/mol. The summed E-state index contributed by atoms with van der Waals surface area (Å²) < 4.78 is 28.8. The standard InChI is InChI=1S/C14H18N2O3S/c1-20(17,18)11-5-6-12-13(9-11)16-14(15-12)8-10-4-2-3-7-19-10/h5-6,9-10H,2-4,7-8H2,1H3,(H,15,16). The van der Waals surface area contributed by atoms with Crippen molar-refractivity contribution >= 4 is 20.9 Å². The summed E-state index contributed by atoms with van der Waals surface area (Å²) in [5.41, 5.74) is 1.56. The van der Waals surface area contributed by atoms with Crippen LogP contribution in [-0.2, 0) is 21.0 Å². The van der Waals surface area contributed by atoms with E-state index >= 15 is 0 Å². The van der Waals surface area contributed by atoms with E-state index in [4.69, 9.17) is 4.74 Å². The maximum absolute atomic E-state index is 11.5. The number of nitrogens with one attached hydrogen (secondary N) is 1. The van der Waals surface area contributed by atoms with Crippen molar-refractivity contribution in [3.05, 3.63) is 24.0 Å². The van der Waals surface area contributed by atoms with Gasteiger partial charge in [-0.25, -0.2) is 13.4 Å². The smallest absolute Gasteiger partial charge is 0.175 e. The molecule has 0 amide bonds. The van der Waals surface area contributed by atoms with Crippen molar-refractivity contribution in [3.8, 4) is 0 Å². The van der Waals surface area contributed by atoms with E-state index in [0.29, 0.717) is 4.90 Å². The number of ether oxygens (including phenoxy) is 1. The minimum Gasteiger partial charge on any atom is -0.378 e. The second-order valence-corrected chi connectivity index (χ2v) is 7.34. The van der Waals surface area contributed by atoms with Crippen molar-refractivity contribution < 1.29 is 13.2 Å². The fraction of sp³-hybridized carbons (Fsp3) is 0.500. The molecule has 0 spiro atoms. The predicted octanol–water partition coefficient (Wildman–Crippen LogP) is 2.08. The Morgan fingerprint density at radius 1 is 1.40 bits per heavy atom. The molecule has 1 aromatic heterocycles. The zero-order valence-corrected chi connectivity index (χ0v) is 12.2. The molecule has 1 aliphatic rings. The number of sulfone groups is 1. The first-order valence-corrected chi connectivity index (χ1v) is 8.72. The number of imidazole rings is 1. The van der Waals surface area contributed by atoms with Crippen molar-refractivity contribution in [2.45, 2.75) is 36.7 Å². The fourth-order valence-electron chi connectivity index (χ4n) is 2.55. The van der Waals surface area contributed by atoms with Gasteiger partial charge in [-0.15, -0.1) is 0 Å². The molecule has 1 atom stereocenters. The van der Waals surface area contributed by atoms with E-state index in [0.717, 1.165) is 42.7 Å². The number of aromatic amines is 1. The van der Waals surface area contributed by atoms with Gasteiger partial charge in [-0.1, -0.05) is 0 Å². The van der Waals surface area contributed by atoms with E-state index in [1.807, 2.05) is 0 Å². The predicted molar refractivity (Wildman–Crippen MR) is 76.5 cm³/mol. The Kier molecular flexibility index (Phi) is 3.52. The number of hydrogen-bond donors (Lipinski definition) is 1. The summed E-state index contributed by atoms with van der Waals surface area (Å²) in [6.45, 7) is 0.823. The van der Waals surface area contributed by atoms with Crippen LogP contribution in [0.2, 0.25) is 0 Å². The molecule has 1 aromatic carbocycles. The number of rotatable bonds is 3. The zero-order chi connectivity index (χ0) is 14.2. The van der Waals surface area contributed by atoms with Crippen LogP contribution in [0.3, 0.4) is 0 Å². The molecule has 1 unspecified atom stereocenters. The molecule has 1 aliphatic heterocycles. The lowest BCUT2D eigenvalue weighted by atomic mass is 10.1. The van der Waals surface area contributed by atoms with Gasteiger partial charge in [0, 0.05) is 19.3 Å². The second-order valence-electron chi connectivity index (χ2n) is 5.33. The van der Waals surface area contributed by atoms with Crippen LogP contribution in [0.4, 0.5) is 0 Å². The maximum atomic E-state index is 11.5. The van der Waals surface area contributed by atoms with E-state index in [1.54, 1.807) is 18.2 Å². The Balaban J connectivity index is 1.86. The summed E-state index contributed by atoms with van der Waals surface area (Å²) in [6.07, 6.45) is 5.58. The van der Waals surface area contributed by atoms with Crippen molar-refractivity contribution in [1.82, 2.24) is 9.97 Å². The first-order chi connectivity index (χ1) is 9.52. The van der Waals surface area contributed by atoms with E-state index in [1.165, 1.54) is 12.7 Å². The fourth-order valence-corrected chi connectivity index (χ4v) is 3.20. The van der Waals surface area contributed by atoms with Crippen LogP contribution in [0.5, 0.6) is 0 Å². The van der Waals surface area contributed by atoms with Crippen LogP contribution in [0.25, 0.3) is 11.0 Å². The van der Waals surface area contributed by atoms with Gasteiger partial charge in [0.15, 0.2) is 9.84 Å². The van der Waals surface area contributed by atoms with Gasteiger partial charge in [-0.2, -0.15) is 0 Å². The SMILES string of the molecule is CS(=O)(=O)c1ccc2nc(CC3CCCCO3)[nH]c2c1. The number of fused-ring (bicyclic) bond motifs is 1. The molecule has 0 aliphatic carbocycles. The molecule has 6 heteroatoms. The largest absolute Gasteiger partial charge is 0.378 e. The van der Waals surface area contributed by atoms with Crippen LogP contribution in [0.15, 0.2) is 23.1 Å². The molecular formula is C14H18N2O3S. The highest BCUT2D eigenvalue weighted by Gasteiger charge is 2.17. The molecule has 5 nitrogen and oxygen atoms in total. The van der Waals surface area contributed by atoms with Crippen molar-refractivity contribution in [2.75, 3.05) is 12.9 Å². The molecule has 0 saturated carbocycles. The van der Waals surface area contributed by atoms with Crippen LogP contribution in [-0.4, -0.2) is 37.4 Å². The Morgan fingerprint density at radius 3 is 2.95 bits per heavy atom. The van der Waals surface area contributed by atoms with Gasteiger partial charge in [-0.05, 0) is 37.5 Å². The lowest BCUT2D eigenvalue weighted by Gasteiger charge is -2.21. The highest BCUT2D eigenvalue weighted by molar-refractivity contribution is 7.90. The summed E-state index contributed by atoms with van der Waals surface area (Å²) in [4.78, 5) is 8.01. The lowest BCUT2D eigenvalue weighted by Crippen LogP contribution is -2.21. The zero-order valence-electron chi connectivity index (χ0n) is 11.4. The van der Waals surface area contributed by atoms with E-state index in [-0.39, 0.29) is 6.10 Å². The van der Waals surface area contributed by atoms with Gasteiger partial charge < -0.3 is 9.72 Å². The lowest BCUT2D eigenvalue weighted by molar-refractivity contribution is 0.0158. The minimum absolute atomic E-state index is 0.221. The number of H-pyrrole nitrogens is 1. The van der Waals surface area contributed by atoms with Gasteiger partial charge in [0.05, 0.1) is 22.0 Å². The van der Waals surface area contributed by atoms with Crippen LogP contribution >= 0.6 is 0 Å². The monoisotopic (exact) mass is 294 g/mol. The third kappa shape index (κ3) is 2.86. The van der Waals surface area contributed by atoms with E-state index in [2.05, 4.69) is 9.97 Å². The molecule has 108 valence electrons. The normalized spacial score (nSPS) is 20.4. The average Bonchev–Trinajstić information content (AvgIpc) is 2.80. The van der Waals surface area contributed by atoms with Crippen molar-refractivity contribution in [2.24, 2.45) is 0 Å². The molecule has 1 N–H and O–H groups in total. The Bertz CT molecular complexity index is 715. The van der Waals surface area contributed by atoms with Gasteiger partial charge in [0.2, 0.25) is 0 Å². The molecule has 1 saturated heterocycles. The van der Waals surface area contributed by atoms with E-state index in [9.17, 15) is 8.42 Å². The first-order valence-electron chi connectivity index (χ1n) is 6.83. The van der Waals surface area contributed by atoms with Crippen LogP contribution < -0.4 is 0 Å². The second kappa shape index (κ2) is 5.18. The molecule has 0 radical (unpaired) electrons. The summed E-state index contributed by atoms with van der Waals surface area (Å²) >= 11 is 0. The summed E-state index contributed by atoms with van der Waals surface area (Å²) in [7, 11) is -3.18. The molecular weight excluding hydrogens is 276 g/mol. The molecule has 2 aromatic rings. The third-order valence-corrected chi connectivity index (χ3v) is 4.74. The minimum atomic E-state index is -3.18. The molecule has 20 heavy (non-hydrogen) atoms. The van der Waals surface area contributed by atoms with Crippen molar-refractivity contribution in [1.29, 1.82) is 0 Å². The molecule has 0 bridgehead atoms. The summed E-state index contributed by atoms with van der Waals surface area (Å²) in [5.74, 6) is 0.859. The summed E-state index contributed by atoms with van der Waals surface area (Å²) in [5, 5.41) is 0. The summed E-state index contributed by atoms with van der Waals surface area (Å²) in [6, 6.07) is 4.98. The molecule has 1 fully saturated rings. The quantitative estimate of drug-likeness (QED) is 0.940. The maximum Gasteiger partial charge on any atom is 0.175 e. The van der Waals surface area contributed by atoms with Gasteiger partial charge in [0.25, 0.3) is 0 Å². The Labute approximate surface area is 118 Å². The van der Waals surface area contributed by atoms with Gasteiger partial charge in [0.1, 0.15) is 5.82 Å². The Morgan fingerprint density at radius 2 is 2.25 bits per heavy atom. The van der Waals surface area contributed by atoms with Crippen LogP contribution in [0, 0.1) is 0 Å².